The molecule has 4 nitrogen and oxygen atoms in total. The van der Waals surface area contributed by atoms with Gasteiger partial charge in [0, 0.05) is 6.42 Å². The smallest absolute Gasteiger partial charge is 0.314 e. The third kappa shape index (κ3) is 3.85. The number of hydrogen-bond acceptors (Lipinski definition) is 2. The summed E-state index contributed by atoms with van der Waals surface area (Å²) in [4.78, 5) is 23.2. The Balaban J connectivity index is 2.86. The number of nitrogens with one attached hydrogen (secondary N) is 1. The Kier molecular flexibility index (Phi) is 5.13. The second kappa shape index (κ2) is 6.60. The molecule has 0 aromatic heterocycles. The molecule has 0 saturated heterocycles. The number of rotatable bonds is 5. The molecule has 1 aromatic rings. The Morgan fingerprint density at radius 3 is 2.47 bits per heavy atom. The highest BCUT2D eigenvalue weighted by Crippen LogP contribution is 2.27. The Morgan fingerprint density at radius 1 is 1.32 bits per heavy atom. The molecule has 2 N–H and O–H groups in total. The van der Waals surface area contributed by atoms with Gasteiger partial charge in [-0.15, -0.1) is 5.92 Å². The zero-order valence-electron chi connectivity index (χ0n) is 11.1. The maximum Gasteiger partial charge on any atom is 0.314 e. The summed E-state index contributed by atoms with van der Waals surface area (Å²) in [6, 6.07) is 8.76. The van der Waals surface area contributed by atoms with Gasteiger partial charge in [-0.3, -0.25) is 9.59 Å². The monoisotopic (exact) mass is 259 g/mol. The Morgan fingerprint density at radius 2 is 1.95 bits per heavy atom. The fourth-order valence-corrected chi connectivity index (χ4v) is 1.72. The Hall–Kier alpha value is -2.28. The second-order valence-electron chi connectivity index (χ2n) is 4.38. The molecule has 0 heterocycles. The lowest BCUT2D eigenvalue weighted by atomic mass is 9.79. The molecule has 0 aliphatic rings. The van der Waals surface area contributed by atoms with E-state index < -0.39 is 11.4 Å². The molecule has 0 bridgehead atoms. The first-order valence-electron chi connectivity index (χ1n) is 5.96. The quantitative estimate of drug-likeness (QED) is 0.789. The Bertz CT molecular complexity index is 513. The number of carbonyl (C=O) groups excluding carboxylic acids is 1. The maximum atomic E-state index is 11.8. The van der Waals surface area contributed by atoms with Crippen molar-refractivity contribution in [2.45, 2.75) is 25.7 Å². The zero-order valence-corrected chi connectivity index (χ0v) is 11.1. The molecule has 1 rings (SSSR count). The molecule has 0 radical (unpaired) electrons. The molecule has 1 aromatic carbocycles. The van der Waals surface area contributed by atoms with E-state index in [1.54, 1.807) is 38.1 Å². The van der Waals surface area contributed by atoms with Gasteiger partial charge in [-0.1, -0.05) is 36.3 Å². The molecule has 0 spiro atoms. The molecule has 1 unspecified atom stereocenters. The summed E-state index contributed by atoms with van der Waals surface area (Å²) < 4.78 is 0. The Labute approximate surface area is 112 Å². The zero-order chi connectivity index (χ0) is 14.3. The van der Waals surface area contributed by atoms with Gasteiger partial charge in [-0.05, 0) is 19.4 Å². The van der Waals surface area contributed by atoms with E-state index in [1.165, 1.54) is 0 Å². The van der Waals surface area contributed by atoms with E-state index in [0.29, 0.717) is 5.56 Å². The van der Waals surface area contributed by atoms with Gasteiger partial charge in [-0.25, -0.2) is 0 Å². The molecule has 19 heavy (non-hydrogen) atoms. The number of benzene rings is 1. The lowest BCUT2D eigenvalue weighted by Crippen LogP contribution is -2.39. The van der Waals surface area contributed by atoms with Crippen LogP contribution in [0.3, 0.4) is 0 Å². The highest BCUT2D eigenvalue weighted by Gasteiger charge is 2.37. The first-order chi connectivity index (χ1) is 9.00. The SMILES string of the molecule is CC#CCNC(=O)CC(C)(C(=O)O)c1ccccc1. The molecule has 1 atom stereocenters. The fourth-order valence-electron chi connectivity index (χ4n) is 1.72. The van der Waals surface area contributed by atoms with E-state index in [-0.39, 0.29) is 18.9 Å². The number of amides is 1. The van der Waals surface area contributed by atoms with Crippen molar-refractivity contribution in [3.63, 3.8) is 0 Å². The van der Waals surface area contributed by atoms with Crippen molar-refractivity contribution in [2.75, 3.05) is 6.54 Å². The van der Waals surface area contributed by atoms with Crippen LogP contribution in [0.25, 0.3) is 0 Å². The normalized spacial score (nSPS) is 12.7. The van der Waals surface area contributed by atoms with E-state index >= 15 is 0 Å². The number of carboxylic acids is 1. The van der Waals surface area contributed by atoms with Crippen LogP contribution in [-0.2, 0) is 15.0 Å². The average molecular weight is 259 g/mol. The summed E-state index contributed by atoms with van der Waals surface area (Å²) >= 11 is 0. The molecule has 1 amide bonds. The first-order valence-corrected chi connectivity index (χ1v) is 5.96. The lowest BCUT2D eigenvalue weighted by molar-refractivity contribution is -0.145. The largest absolute Gasteiger partial charge is 0.481 e. The average Bonchev–Trinajstić information content (AvgIpc) is 2.39. The number of carbonyl (C=O) groups is 2. The summed E-state index contributed by atoms with van der Waals surface area (Å²) in [7, 11) is 0. The van der Waals surface area contributed by atoms with Crippen molar-refractivity contribution < 1.29 is 14.7 Å². The summed E-state index contributed by atoms with van der Waals surface area (Å²) in [5, 5.41) is 12.0. The first kappa shape index (κ1) is 14.8. The molecule has 4 heteroatoms. The fraction of sp³-hybridized carbons (Fsp3) is 0.333. The minimum atomic E-state index is -1.23. The molecular formula is C15H17NO3. The third-order valence-corrected chi connectivity index (χ3v) is 2.95. The predicted molar refractivity (Wildman–Crippen MR) is 72.5 cm³/mol. The number of hydrogen-bond donors (Lipinski definition) is 2. The number of aliphatic carboxylic acids is 1. The second-order valence-corrected chi connectivity index (χ2v) is 4.38. The van der Waals surface area contributed by atoms with Crippen molar-refractivity contribution in [3.05, 3.63) is 35.9 Å². The summed E-state index contributed by atoms with van der Waals surface area (Å²) in [6.07, 6.45) is -0.113. The van der Waals surface area contributed by atoms with Crippen molar-refractivity contribution in [3.8, 4) is 11.8 Å². The van der Waals surface area contributed by atoms with E-state index in [2.05, 4.69) is 17.2 Å². The van der Waals surface area contributed by atoms with Crippen LogP contribution >= 0.6 is 0 Å². The van der Waals surface area contributed by atoms with Crippen molar-refractivity contribution in [2.24, 2.45) is 0 Å². The predicted octanol–water partition coefficient (Wildman–Crippen LogP) is 1.56. The van der Waals surface area contributed by atoms with Crippen LogP contribution in [-0.4, -0.2) is 23.5 Å². The third-order valence-electron chi connectivity index (χ3n) is 2.95. The van der Waals surface area contributed by atoms with E-state index in [0.717, 1.165) is 0 Å². The molecule has 100 valence electrons. The molecule has 0 fully saturated rings. The van der Waals surface area contributed by atoms with Crippen LogP contribution in [0.1, 0.15) is 25.8 Å². The molecular weight excluding hydrogens is 242 g/mol. The van der Waals surface area contributed by atoms with E-state index in [9.17, 15) is 14.7 Å². The van der Waals surface area contributed by atoms with Crippen molar-refractivity contribution >= 4 is 11.9 Å². The molecule has 0 saturated carbocycles. The van der Waals surface area contributed by atoms with Crippen LogP contribution < -0.4 is 5.32 Å². The van der Waals surface area contributed by atoms with Crippen LogP contribution in [0.15, 0.2) is 30.3 Å². The van der Waals surface area contributed by atoms with Crippen molar-refractivity contribution in [1.82, 2.24) is 5.32 Å². The summed E-state index contributed by atoms with van der Waals surface area (Å²) in [6.45, 7) is 3.47. The van der Waals surface area contributed by atoms with Gasteiger partial charge in [-0.2, -0.15) is 0 Å². The lowest BCUT2D eigenvalue weighted by Gasteiger charge is -2.24. The topological polar surface area (TPSA) is 66.4 Å². The van der Waals surface area contributed by atoms with Gasteiger partial charge in [0.05, 0.1) is 12.0 Å². The van der Waals surface area contributed by atoms with Gasteiger partial charge in [0.25, 0.3) is 0 Å². The van der Waals surface area contributed by atoms with Crippen LogP contribution in [0.2, 0.25) is 0 Å². The van der Waals surface area contributed by atoms with Gasteiger partial charge < -0.3 is 10.4 Å². The highest BCUT2D eigenvalue weighted by atomic mass is 16.4. The molecule has 0 aliphatic heterocycles. The van der Waals surface area contributed by atoms with Gasteiger partial charge >= 0.3 is 5.97 Å². The van der Waals surface area contributed by atoms with Crippen LogP contribution in [0.5, 0.6) is 0 Å². The highest BCUT2D eigenvalue weighted by molar-refractivity contribution is 5.89. The standard InChI is InChI=1S/C15H17NO3/c1-3-4-10-16-13(17)11-15(2,14(18)19)12-8-6-5-7-9-12/h5-9H,10-11H2,1-2H3,(H,16,17)(H,18,19). The van der Waals surface area contributed by atoms with Crippen molar-refractivity contribution in [1.29, 1.82) is 0 Å². The minimum absolute atomic E-state index is 0.113. The van der Waals surface area contributed by atoms with E-state index in [1.807, 2.05) is 6.07 Å². The van der Waals surface area contributed by atoms with Gasteiger partial charge in [0.1, 0.15) is 0 Å². The summed E-state index contributed by atoms with van der Waals surface area (Å²) in [5.41, 5.74) is -0.621. The van der Waals surface area contributed by atoms with Gasteiger partial charge in [0.15, 0.2) is 0 Å². The van der Waals surface area contributed by atoms with E-state index in [4.69, 9.17) is 0 Å². The summed E-state index contributed by atoms with van der Waals surface area (Å²) in [5.74, 6) is 4.02. The molecule has 0 aliphatic carbocycles. The van der Waals surface area contributed by atoms with Gasteiger partial charge in [0.2, 0.25) is 5.91 Å². The minimum Gasteiger partial charge on any atom is -0.481 e. The van der Waals surface area contributed by atoms with Crippen LogP contribution in [0.4, 0.5) is 0 Å². The van der Waals surface area contributed by atoms with Crippen LogP contribution in [0, 0.1) is 11.8 Å². The number of carboxylic acid groups (broad SMARTS) is 1. The maximum absolute atomic E-state index is 11.8.